The van der Waals surface area contributed by atoms with E-state index in [9.17, 15) is 0 Å². The van der Waals surface area contributed by atoms with E-state index in [0.717, 1.165) is 12.1 Å². The molecule has 0 saturated heterocycles. The third-order valence-electron chi connectivity index (χ3n) is 3.59. The van der Waals surface area contributed by atoms with Crippen LogP contribution in [0.15, 0.2) is 48.9 Å². The second-order valence-electron chi connectivity index (χ2n) is 4.77. The van der Waals surface area contributed by atoms with Crippen molar-refractivity contribution >= 4 is 10.9 Å². The Morgan fingerprint density at radius 3 is 2.90 bits per heavy atom. The zero-order valence-corrected chi connectivity index (χ0v) is 11.7. The zero-order chi connectivity index (χ0) is 13.9. The number of nitrogens with one attached hydrogen (secondary N) is 1. The highest BCUT2D eigenvalue weighted by Crippen LogP contribution is 2.27. The lowest BCUT2D eigenvalue weighted by atomic mass is 9.97. The van der Waals surface area contributed by atoms with Gasteiger partial charge in [-0.2, -0.15) is 5.10 Å². The molecule has 20 heavy (non-hydrogen) atoms. The van der Waals surface area contributed by atoms with Crippen LogP contribution >= 0.6 is 0 Å². The summed E-state index contributed by atoms with van der Waals surface area (Å²) < 4.78 is 1.95. The van der Waals surface area contributed by atoms with Crippen LogP contribution in [0.1, 0.15) is 24.1 Å². The van der Waals surface area contributed by atoms with E-state index in [1.54, 1.807) is 0 Å². The summed E-state index contributed by atoms with van der Waals surface area (Å²) in [6.45, 7) is 2.97. The lowest BCUT2D eigenvalue weighted by molar-refractivity contribution is 0.654. The normalized spacial score (nSPS) is 12.7. The number of hydrogen-bond acceptors (Lipinski definition) is 3. The van der Waals surface area contributed by atoms with E-state index >= 15 is 0 Å². The number of aromatic nitrogens is 3. The first-order valence-electron chi connectivity index (χ1n) is 6.86. The van der Waals surface area contributed by atoms with Crippen LogP contribution in [-0.4, -0.2) is 21.8 Å². The van der Waals surface area contributed by atoms with Crippen molar-refractivity contribution in [3.8, 4) is 0 Å². The standard InChI is InChI=1S/C16H18N4/c1-3-20-11-12(10-19-20)16(17-2)14-6-4-8-15-13(14)7-5-9-18-15/h4-11,16-17H,3H2,1-2H3. The third kappa shape index (κ3) is 2.18. The van der Waals surface area contributed by atoms with Gasteiger partial charge >= 0.3 is 0 Å². The summed E-state index contributed by atoms with van der Waals surface area (Å²) in [6.07, 6.45) is 5.85. The predicted octanol–water partition coefficient (Wildman–Crippen LogP) is 2.76. The molecule has 0 aliphatic heterocycles. The Labute approximate surface area is 118 Å². The smallest absolute Gasteiger partial charge is 0.0705 e. The molecule has 1 N–H and O–H groups in total. The minimum atomic E-state index is 0.128. The molecule has 0 spiro atoms. The van der Waals surface area contributed by atoms with Gasteiger partial charge in [0.05, 0.1) is 17.8 Å². The van der Waals surface area contributed by atoms with Crippen LogP contribution in [-0.2, 0) is 6.54 Å². The first-order chi connectivity index (χ1) is 9.83. The summed E-state index contributed by atoms with van der Waals surface area (Å²) >= 11 is 0. The van der Waals surface area contributed by atoms with Gasteiger partial charge in [-0.25, -0.2) is 0 Å². The number of fused-ring (bicyclic) bond motifs is 1. The molecule has 3 rings (SSSR count). The van der Waals surface area contributed by atoms with Crippen molar-refractivity contribution in [3.63, 3.8) is 0 Å². The van der Waals surface area contributed by atoms with Gasteiger partial charge < -0.3 is 5.32 Å². The fourth-order valence-electron chi connectivity index (χ4n) is 2.58. The second kappa shape index (κ2) is 5.43. The summed E-state index contributed by atoms with van der Waals surface area (Å²) in [5, 5.41) is 8.93. The lowest BCUT2D eigenvalue weighted by Crippen LogP contribution is -2.17. The van der Waals surface area contributed by atoms with Crippen molar-refractivity contribution in [2.75, 3.05) is 7.05 Å². The van der Waals surface area contributed by atoms with E-state index in [4.69, 9.17) is 0 Å². The van der Waals surface area contributed by atoms with Crippen LogP contribution in [0.4, 0.5) is 0 Å². The Kier molecular flexibility index (Phi) is 3.48. The molecule has 1 atom stereocenters. The maximum Gasteiger partial charge on any atom is 0.0705 e. The van der Waals surface area contributed by atoms with Crippen LogP contribution in [0, 0.1) is 0 Å². The summed E-state index contributed by atoms with van der Waals surface area (Å²) in [6, 6.07) is 10.5. The average Bonchev–Trinajstić information content (AvgIpc) is 2.97. The molecule has 2 aromatic heterocycles. The minimum Gasteiger partial charge on any atom is -0.309 e. The topological polar surface area (TPSA) is 42.7 Å². The van der Waals surface area contributed by atoms with Gasteiger partial charge in [-0.15, -0.1) is 0 Å². The molecule has 0 aliphatic rings. The average molecular weight is 266 g/mol. The molecule has 0 radical (unpaired) electrons. The molecule has 0 bridgehead atoms. The van der Waals surface area contributed by atoms with Crippen LogP contribution < -0.4 is 5.32 Å². The minimum absolute atomic E-state index is 0.128. The van der Waals surface area contributed by atoms with E-state index < -0.39 is 0 Å². The Morgan fingerprint density at radius 1 is 1.25 bits per heavy atom. The molecule has 3 aromatic rings. The molecule has 4 heteroatoms. The Balaban J connectivity index is 2.11. The predicted molar refractivity (Wildman–Crippen MR) is 80.5 cm³/mol. The number of hydrogen-bond donors (Lipinski definition) is 1. The highest BCUT2D eigenvalue weighted by molar-refractivity contribution is 5.82. The molecule has 0 saturated carbocycles. The van der Waals surface area contributed by atoms with Gasteiger partial charge in [0.25, 0.3) is 0 Å². The maximum absolute atomic E-state index is 4.42. The van der Waals surface area contributed by atoms with Crippen molar-refractivity contribution in [2.45, 2.75) is 19.5 Å². The van der Waals surface area contributed by atoms with Crippen LogP contribution in [0.25, 0.3) is 10.9 Å². The Hall–Kier alpha value is -2.20. The number of benzene rings is 1. The first-order valence-corrected chi connectivity index (χ1v) is 6.86. The molecular formula is C16H18N4. The maximum atomic E-state index is 4.42. The highest BCUT2D eigenvalue weighted by atomic mass is 15.3. The van der Waals surface area contributed by atoms with Gasteiger partial charge in [0, 0.05) is 29.9 Å². The van der Waals surface area contributed by atoms with E-state index in [-0.39, 0.29) is 6.04 Å². The van der Waals surface area contributed by atoms with Crippen LogP contribution in [0.2, 0.25) is 0 Å². The number of pyridine rings is 1. The van der Waals surface area contributed by atoms with Crippen LogP contribution in [0.3, 0.4) is 0 Å². The molecule has 0 amide bonds. The zero-order valence-electron chi connectivity index (χ0n) is 11.7. The van der Waals surface area contributed by atoms with E-state index in [2.05, 4.69) is 46.7 Å². The van der Waals surface area contributed by atoms with Gasteiger partial charge in [-0.3, -0.25) is 9.67 Å². The molecular weight excluding hydrogens is 248 g/mol. The number of aryl methyl sites for hydroxylation is 1. The monoisotopic (exact) mass is 266 g/mol. The molecule has 1 unspecified atom stereocenters. The summed E-state index contributed by atoms with van der Waals surface area (Å²) in [4.78, 5) is 4.42. The summed E-state index contributed by atoms with van der Waals surface area (Å²) in [5.74, 6) is 0. The number of nitrogens with zero attached hydrogens (tertiary/aromatic N) is 3. The first kappa shape index (κ1) is 12.8. The van der Waals surface area contributed by atoms with Gasteiger partial charge in [-0.1, -0.05) is 18.2 Å². The highest BCUT2D eigenvalue weighted by Gasteiger charge is 2.16. The second-order valence-corrected chi connectivity index (χ2v) is 4.77. The van der Waals surface area contributed by atoms with Gasteiger partial charge in [-0.05, 0) is 31.7 Å². The summed E-state index contributed by atoms with van der Waals surface area (Å²) in [5.41, 5.74) is 3.42. The van der Waals surface area contributed by atoms with Gasteiger partial charge in [0.15, 0.2) is 0 Å². The fraction of sp³-hybridized carbons (Fsp3) is 0.250. The van der Waals surface area contributed by atoms with Gasteiger partial charge in [0.2, 0.25) is 0 Å². The molecule has 0 fully saturated rings. The van der Waals surface area contributed by atoms with Crippen molar-refractivity contribution in [3.05, 3.63) is 60.0 Å². The van der Waals surface area contributed by atoms with E-state index in [1.807, 2.05) is 36.3 Å². The Morgan fingerprint density at radius 2 is 2.15 bits per heavy atom. The summed E-state index contributed by atoms with van der Waals surface area (Å²) in [7, 11) is 1.98. The third-order valence-corrected chi connectivity index (χ3v) is 3.59. The lowest BCUT2D eigenvalue weighted by Gasteiger charge is -2.17. The van der Waals surface area contributed by atoms with Crippen molar-refractivity contribution < 1.29 is 0 Å². The van der Waals surface area contributed by atoms with Crippen LogP contribution in [0.5, 0.6) is 0 Å². The molecule has 0 aliphatic carbocycles. The van der Waals surface area contributed by atoms with Crippen molar-refractivity contribution in [1.29, 1.82) is 0 Å². The number of rotatable bonds is 4. The SMILES string of the molecule is CCn1cc(C(NC)c2cccc3ncccc23)cn1. The van der Waals surface area contributed by atoms with Crippen molar-refractivity contribution in [1.82, 2.24) is 20.1 Å². The van der Waals surface area contributed by atoms with E-state index in [1.165, 1.54) is 16.5 Å². The molecule has 2 heterocycles. The Bertz CT molecular complexity index is 712. The molecule has 4 nitrogen and oxygen atoms in total. The fourth-order valence-corrected chi connectivity index (χ4v) is 2.58. The molecule has 102 valence electrons. The van der Waals surface area contributed by atoms with E-state index in [0.29, 0.717) is 0 Å². The van der Waals surface area contributed by atoms with Crippen molar-refractivity contribution in [2.24, 2.45) is 0 Å². The largest absolute Gasteiger partial charge is 0.309 e. The quantitative estimate of drug-likeness (QED) is 0.789. The molecule has 1 aromatic carbocycles. The van der Waals surface area contributed by atoms with Gasteiger partial charge in [0.1, 0.15) is 0 Å².